The Kier molecular flexibility index (Phi) is 7.74. The van der Waals surface area contributed by atoms with E-state index in [0.717, 1.165) is 4.31 Å². The van der Waals surface area contributed by atoms with Crippen LogP contribution in [0.25, 0.3) is 0 Å². The van der Waals surface area contributed by atoms with Crippen molar-refractivity contribution in [2.24, 2.45) is 5.73 Å². The van der Waals surface area contributed by atoms with E-state index in [-0.39, 0.29) is 35.8 Å². The number of carbonyl (C=O) groups excluding carboxylic acids is 1. The predicted molar refractivity (Wildman–Crippen MR) is 80.2 cm³/mol. The fourth-order valence-electron chi connectivity index (χ4n) is 1.44. The number of carbonyl (C=O) groups is 1. The monoisotopic (exact) mass is 321 g/mol. The first-order chi connectivity index (χ1) is 8.87. The van der Waals surface area contributed by atoms with Crippen molar-refractivity contribution in [3.63, 3.8) is 0 Å². The maximum absolute atomic E-state index is 12.1. The molecule has 0 fully saturated rings. The van der Waals surface area contributed by atoms with Gasteiger partial charge in [0.2, 0.25) is 15.9 Å². The van der Waals surface area contributed by atoms with E-state index in [1.807, 2.05) is 0 Å². The van der Waals surface area contributed by atoms with Gasteiger partial charge < -0.3 is 11.1 Å². The fraction of sp³-hybridized carbons (Fsp3) is 0.417. The van der Waals surface area contributed by atoms with Gasteiger partial charge in [0.05, 0.1) is 11.4 Å². The first kappa shape index (κ1) is 18.9. The number of sulfonamides is 1. The van der Waals surface area contributed by atoms with Crippen molar-refractivity contribution in [3.8, 4) is 0 Å². The predicted octanol–water partition coefficient (Wildman–Crippen LogP) is 0.192. The zero-order chi connectivity index (χ0) is 14.5. The van der Waals surface area contributed by atoms with Crippen LogP contribution in [-0.4, -0.2) is 44.8 Å². The maximum Gasteiger partial charge on any atom is 0.243 e. The highest BCUT2D eigenvalue weighted by molar-refractivity contribution is 7.89. The standard InChI is InChI=1S/C12H19N3O3S.ClH/c1-10(8-13)14-12(16)9-15(2)19(17,18)11-6-4-3-5-7-11;/h3-7,10H,8-9,13H2,1-2H3,(H,14,16);1H/t10-;/m0./s1. The van der Waals surface area contributed by atoms with Gasteiger partial charge >= 0.3 is 0 Å². The summed E-state index contributed by atoms with van der Waals surface area (Å²) in [7, 11) is -2.27. The summed E-state index contributed by atoms with van der Waals surface area (Å²) in [5.41, 5.74) is 5.38. The van der Waals surface area contributed by atoms with Crippen molar-refractivity contribution in [2.45, 2.75) is 17.9 Å². The molecule has 0 bridgehead atoms. The van der Waals surface area contributed by atoms with Gasteiger partial charge in [0.25, 0.3) is 0 Å². The van der Waals surface area contributed by atoms with Gasteiger partial charge in [-0.15, -0.1) is 12.4 Å². The van der Waals surface area contributed by atoms with E-state index in [1.165, 1.54) is 19.2 Å². The quantitative estimate of drug-likeness (QED) is 0.782. The number of hydrogen-bond acceptors (Lipinski definition) is 4. The molecule has 3 N–H and O–H groups in total. The molecule has 0 saturated heterocycles. The van der Waals surface area contributed by atoms with Crippen molar-refractivity contribution >= 4 is 28.3 Å². The van der Waals surface area contributed by atoms with Gasteiger partial charge in [-0.2, -0.15) is 4.31 Å². The van der Waals surface area contributed by atoms with Crippen molar-refractivity contribution in [3.05, 3.63) is 30.3 Å². The van der Waals surface area contributed by atoms with E-state index in [2.05, 4.69) is 5.32 Å². The minimum atomic E-state index is -3.64. The molecule has 0 spiro atoms. The molecular formula is C12H20ClN3O3S. The highest BCUT2D eigenvalue weighted by Gasteiger charge is 2.22. The molecule has 0 heterocycles. The Morgan fingerprint density at radius 2 is 1.90 bits per heavy atom. The summed E-state index contributed by atoms with van der Waals surface area (Å²) in [5.74, 6) is -0.375. The molecule has 0 aliphatic heterocycles. The van der Waals surface area contributed by atoms with Gasteiger partial charge in [0, 0.05) is 19.6 Å². The van der Waals surface area contributed by atoms with E-state index in [0.29, 0.717) is 6.54 Å². The highest BCUT2D eigenvalue weighted by atomic mass is 35.5. The van der Waals surface area contributed by atoms with Gasteiger partial charge in [0.15, 0.2) is 0 Å². The Morgan fingerprint density at radius 3 is 2.40 bits per heavy atom. The number of nitrogens with two attached hydrogens (primary N) is 1. The molecule has 1 aromatic carbocycles. The summed E-state index contributed by atoms with van der Waals surface area (Å²) in [6, 6.07) is 7.81. The SMILES string of the molecule is C[C@@H](CN)NC(=O)CN(C)S(=O)(=O)c1ccccc1.Cl. The lowest BCUT2D eigenvalue weighted by Gasteiger charge is -2.18. The molecule has 0 aliphatic carbocycles. The van der Waals surface area contributed by atoms with Crippen molar-refractivity contribution in [1.82, 2.24) is 9.62 Å². The Bertz CT molecular complexity index is 522. The molecule has 1 atom stereocenters. The highest BCUT2D eigenvalue weighted by Crippen LogP contribution is 2.12. The van der Waals surface area contributed by atoms with Crippen LogP contribution in [0.1, 0.15) is 6.92 Å². The van der Waals surface area contributed by atoms with E-state index in [9.17, 15) is 13.2 Å². The minimum absolute atomic E-state index is 0. The van der Waals surface area contributed by atoms with Gasteiger partial charge in [-0.1, -0.05) is 18.2 Å². The van der Waals surface area contributed by atoms with Crippen LogP contribution in [0.2, 0.25) is 0 Å². The number of nitrogens with zero attached hydrogens (tertiary/aromatic N) is 1. The van der Waals surface area contributed by atoms with Crippen LogP contribution in [0.4, 0.5) is 0 Å². The number of amides is 1. The lowest BCUT2D eigenvalue weighted by atomic mass is 10.3. The Hall–Kier alpha value is -1.15. The topological polar surface area (TPSA) is 92.5 Å². The number of benzene rings is 1. The lowest BCUT2D eigenvalue weighted by Crippen LogP contribution is -2.44. The third kappa shape index (κ3) is 5.09. The summed E-state index contributed by atoms with van der Waals surface area (Å²) in [6.45, 7) is 1.83. The number of halogens is 1. The molecule has 0 aromatic heterocycles. The van der Waals surface area contributed by atoms with E-state index in [4.69, 9.17) is 5.73 Å². The van der Waals surface area contributed by atoms with Crippen molar-refractivity contribution in [2.75, 3.05) is 20.1 Å². The van der Waals surface area contributed by atoms with Crippen LogP contribution in [0.15, 0.2) is 35.2 Å². The summed E-state index contributed by atoms with van der Waals surface area (Å²) < 4.78 is 25.3. The first-order valence-corrected chi connectivity index (χ1v) is 7.32. The van der Waals surface area contributed by atoms with Gasteiger partial charge in [-0.3, -0.25) is 4.79 Å². The van der Waals surface area contributed by atoms with E-state index >= 15 is 0 Å². The summed E-state index contributed by atoms with van der Waals surface area (Å²) in [6.07, 6.45) is 0. The molecule has 0 unspecified atom stereocenters. The second kappa shape index (κ2) is 8.21. The number of nitrogens with one attached hydrogen (secondary N) is 1. The van der Waals surface area contributed by atoms with E-state index < -0.39 is 10.0 Å². The maximum atomic E-state index is 12.1. The van der Waals surface area contributed by atoms with Crippen LogP contribution in [-0.2, 0) is 14.8 Å². The van der Waals surface area contributed by atoms with Crippen LogP contribution in [0, 0.1) is 0 Å². The first-order valence-electron chi connectivity index (χ1n) is 5.88. The second-order valence-electron chi connectivity index (χ2n) is 4.28. The third-order valence-electron chi connectivity index (χ3n) is 2.58. The largest absolute Gasteiger partial charge is 0.351 e. The fourth-order valence-corrected chi connectivity index (χ4v) is 2.59. The molecule has 1 aromatic rings. The average molecular weight is 322 g/mol. The number of hydrogen-bond donors (Lipinski definition) is 2. The Balaban J connectivity index is 0.00000361. The molecule has 0 radical (unpaired) electrons. The molecule has 20 heavy (non-hydrogen) atoms. The average Bonchev–Trinajstić information content (AvgIpc) is 2.39. The van der Waals surface area contributed by atoms with Crippen LogP contribution in [0.3, 0.4) is 0 Å². The molecule has 0 saturated carbocycles. The van der Waals surface area contributed by atoms with Gasteiger partial charge in [-0.25, -0.2) is 8.42 Å². The minimum Gasteiger partial charge on any atom is -0.351 e. The van der Waals surface area contributed by atoms with E-state index in [1.54, 1.807) is 25.1 Å². The molecule has 8 heteroatoms. The molecule has 0 aliphatic rings. The molecule has 6 nitrogen and oxygen atoms in total. The smallest absolute Gasteiger partial charge is 0.243 e. The van der Waals surface area contributed by atoms with Gasteiger partial charge in [0.1, 0.15) is 0 Å². The summed E-state index contributed by atoms with van der Waals surface area (Å²) >= 11 is 0. The zero-order valence-corrected chi connectivity index (χ0v) is 13.1. The van der Waals surface area contributed by atoms with Crippen LogP contribution in [0.5, 0.6) is 0 Å². The molecule has 1 rings (SSSR count). The normalized spacial score (nSPS) is 12.6. The number of rotatable bonds is 6. The zero-order valence-electron chi connectivity index (χ0n) is 11.4. The Labute approximate surface area is 125 Å². The van der Waals surface area contributed by atoms with Crippen molar-refractivity contribution in [1.29, 1.82) is 0 Å². The summed E-state index contributed by atoms with van der Waals surface area (Å²) in [4.78, 5) is 11.8. The van der Waals surface area contributed by atoms with Crippen LogP contribution < -0.4 is 11.1 Å². The van der Waals surface area contributed by atoms with Crippen molar-refractivity contribution < 1.29 is 13.2 Å². The second-order valence-corrected chi connectivity index (χ2v) is 6.32. The Morgan fingerprint density at radius 1 is 1.35 bits per heavy atom. The molecule has 1 amide bonds. The lowest BCUT2D eigenvalue weighted by molar-refractivity contribution is -0.121. The third-order valence-corrected chi connectivity index (χ3v) is 4.40. The molecular weight excluding hydrogens is 302 g/mol. The van der Waals surface area contributed by atoms with Crippen LogP contribution >= 0.6 is 12.4 Å². The molecule has 114 valence electrons. The number of likely N-dealkylation sites (N-methyl/N-ethyl adjacent to an activating group) is 1. The summed E-state index contributed by atoms with van der Waals surface area (Å²) in [5, 5.41) is 2.61. The van der Waals surface area contributed by atoms with Gasteiger partial charge in [-0.05, 0) is 19.1 Å².